The number of methoxy groups -OCH3 is 2. The second-order valence-electron chi connectivity index (χ2n) is 32.8. The maximum atomic E-state index is 14.4. The van der Waals surface area contributed by atoms with Crippen LogP contribution in [0.2, 0.25) is 15.1 Å². The van der Waals surface area contributed by atoms with Crippen molar-refractivity contribution in [2.24, 2.45) is 38.9 Å². The fourth-order valence-electron chi connectivity index (χ4n) is 19.1. The fraction of sp³-hybridized carbons (Fsp3) is 0.588. The number of ether oxygens (including phenoxy) is 4. The molecule has 4 aromatic carbocycles. The van der Waals surface area contributed by atoms with Gasteiger partial charge in [0.15, 0.2) is 0 Å². The Morgan fingerprint density at radius 1 is 0.579 bits per heavy atom. The number of phenols is 2. The number of halogens is 4. The first-order valence-electron chi connectivity index (χ1n) is 38.0. The molecule has 0 radical (unpaired) electrons. The molecule has 5 saturated carbocycles. The molecule has 574 valence electrons. The van der Waals surface area contributed by atoms with Crippen molar-refractivity contribution in [3.63, 3.8) is 0 Å². The van der Waals surface area contributed by atoms with E-state index in [4.69, 9.17) is 53.8 Å². The molecule has 5 amide bonds. The van der Waals surface area contributed by atoms with Crippen LogP contribution in [0.5, 0.6) is 28.7 Å². The molecular weight excluding hydrogens is 1450 g/mol. The second-order valence-corrected chi connectivity index (χ2v) is 34.0. The van der Waals surface area contributed by atoms with Crippen LogP contribution >= 0.6 is 47.2 Å². The number of esters is 1. The molecule has 5 aromatic rings. The first kappa shape index (κ1) is 76.2. The van der Waals surface area contributed by atoms with Crippen molar-refractivity contribution in [3.05, 3.63) is 120 Å². The van der Waals surface area contributed by atoms with Crippen molar-refractivity contribution in [2.75, 3.05) is 73.1 Å². The lowest BCUT2D eigenvalue weighted by atomic mass is 9.78. The summed E-state index contributed by atoms with van der Waals surface area (Å²) in [6.07, 6.45) is 16.8. The van der Waals surface area contributed by atoms with Gasteiger partial charge >= 0.3 is 11.9 Å². The van der Waals surface area contributed by atoms with Gasteiger partial charge in [0.25, 0.3) is 0 Å². The molecule has 23 nitrogen and oxygen atoms in total. The standard InChI is InChI=1S/C33H39ClN2O7.C31H38ClN5O5.C16H19ClN2O2.ClH/c1-32(31(40)43-18-20-6-7-21(41-2)15-27(20)42-3)11-4-5-23(32)30(39)36-14-10-22-24(34)8-9-26(37)29(22)25(36)17-35-19-33(12-13-33)16-28(35)38;1-30(29(40)41)10-4-5-20(30)28(39)36-14-9-19-21(32)7-8-25(42-17-22-23-6-2-3-13-37(23)34-33-22)27(19)24(36)16-35-18-31(11-12-31)15-26(35)38;17-11-1-2-13(20)15-10(11)3-6-18-12(15)8-19-9-16(4-5-16)7-14(19)21;/h6-9,15,23,25,37H,4-5,10-14,16-19H2,1-3H3;7-8,20,24H,2-6,9-18H2,1H3,(H,40,41);1-2,12,18,20H,3-9H2;1H/t23-,25+,32-;20-,24+,30-;12-;/m001./s1. The third kappa shape index (κ3) is 14.7. The van der Waals surface area contributed by atoms with Crippen LogP contribution in [0.15, 0.2) is 54.6 Å². The fourth-order valence-corrected chi connectivity index (χ4v) is 19.8. The zero-order valence-electron chi connectivity index (χ0n) is 61.4. The highest BCUT2D eigenvalue weighted by atomic mass is 35.5. The van der Waals surface area contributed by atoms with E-state index in [9.17, 15) is 48.9 Å². The van der Waals surface area contributed by atoms with Gasteiger partial charge in [-0.1, -0.05) is 52.9 Å². The number of carboxylic acid groups (broad SMARTS) is 1. The van der Waals surface area contributed by atoms with Crippen molar-refractivity contribution in [3.8, 4) is 28.7 Å². The predicted molar refractivity (Wildman–Crippen MR) is 399 cm³/mol. The number of fused-ring (bicyclic) bond motifs is 4. The minimum absolute atomic E-state index is 0. The summed E-state index contributed by atoms with van der Waals surface area (Å²) in [5, 5.41) is 45.3. The van der Waals surface area contributed by atoms with Crippen LogP contribution in [0, 0.1) is 38.9 Å². The second kappa shape index (κ2) is 30.0. The van der Waals surface area contributed by atoms with Crippen LogP contribution in [-0.2, 0) is 83.7 Å². The molecule has 3 spiro atoms. The molecule has 8 fully saturated rings. The number of likely N-dealkylation sites (tertiary alicyclic amines) is 3. The van der Waals surface area contributed by atoms with Crippen molar-refractivity contribution < 1.29 is 67.8 Å². The molecule has 7 atom stereocenters. The predicted octanol–water partition coefficient (Wildman–Crippen LogP) is 11.9. The lowest BCUT2D eigenvalue weighted by Gasteiger charge is -2.42. The summed E-state index contributed by atoms with van der Waals surface area (Å²) in [4.78, 5) is 102. The number of nitrogens with zero attached hydrogens (tertiary/aromatic N) is 8. The molecule has 27 heteroatoms. The summed E-state index contributed by atoms with van der Waals surface area (Å²) in [5.41, 5.74) is 5.98. The molecule has 5 aliphatic carbocycles. The first-order chi connectivity index (χ1) is 50.9. The SMILES string of the molecule is COc1ccc(COC(=O)[C@@]2(C)CCC[C@H]2C(=O)N2CCc3c(Cl)ccc(O)c3[C@H]2CN2CC3(CC3)CC2=O)c(OC)c1.C[C@]1(C(=O)O)CCC[C@H]1C(=O)N1CCc2c(Cl)ccc(OCc3nnn4c3CCCC4)c2[C@H]1CN1CC2(CC2)CC1=O.Cl.O=C1CC2(CC2)CN1C[C@H]1NCCc2c(Cl)ccc(O)c21. The summed E-state index contributed by atoms with van der Waals surface area (Å²) in [6, 6.07) is 14.6. The number of nitrogens with one attached hydrogen (secondary N) is 1. The maximum Gasteiger partial charge on any atom is 0.312 e. The van der Waals surface area contributed by atoms with Crippen LogP contribution in [0.4, 0.5) is 0 Å². The average Bonchev–Trinajstić information content (AvgIpc) is 1.74. The van der Waals surface area contributed by atoms with E-state index in [-0.39, 0.29) is 88.9 Å². The van der Waals surface area contributed by atoms with Gasteiger partial charge in [-0.2, -0.15) is 0 Å². The number of carboxylic acids is 1. The number of aromatic hydroxyl groups is 2. The number of hydrogen-bond acceptors (Lipinski definition) is 16. The quantitative estimate of drug-likeness (QED) is 0.0630. The molecule has 3 saturated heterocycles. The highest BCUT2D eigenvalue weighted by molar-refractivity contribution is 6.32. The largest absolute Gasteiger partial charge is 0.508 e. The van der Waals surface area contributed by atoms with Crippen LogP contribution in [-0.4, -0.2) is 169 Å². The van der Waals surface area contributed by atoms with E-state index in [0.717, 1.165) is 110 Å². The zero-order chi connectivity index (χ0) is 74.4. The Kier molecular flexibility index (Phi) is 21.4. The van der Waals surface area contributed by atoms with Crippen molar-refractivity contribution in [1.29, 1.82) is 0 Å². The summed E-state index contributed by atoms with van der Waals surface area (Å²) in [6.45, 7) is 9.75. The highest BCUT2D eigenvalue weighted by Crippen LogP contribution is 2.57. The first-order valence-corrected chi connectivity index (χ1v) is 39.1. The molecule has 12 aliphatic rings. The van der Waals surface area contributed by atoms with Gasteiger partial charge in [0.1, 0.15) is 47.7 Å². The lowest BCUT2D eigenvalue weighted by Crippen LogP contribution is -2.50. The average molecular weight is 1550 g/mol. The lowest BCUT2D eigenvalue weighted by molar-refractivity contribution is -0.164. The minimum Gasteiger partial charge on any atom is -0.508 e. The Hall–Kier alpha value is -7.57. The van der Waals surface area contributed by atoms with Gasteiger partial charge in [-0.25, -0.2) is 4.68 Å². The van der Waals surface area contributed by atoms with Gasteiger partial charge in [-0.15, -0.1) is 17.5 Å². The number of benzene rings is 4. The van der Waals surface area contributed by atoms with E-state index < -0.39 is 46.7 Å². The maximum absolute atomic E-state index is 14.4. The number of carbonyl (C=O) groups is 7. The Morgan fingerprint density at radius 3 is 1.65 bits per heavy atom. The Balaban J connectivity index is 0.000000141. The van der Waals surface area contributed by atoms with Gasteiger partial charge in [0.05, 0.1) is 60.7 Å². The summed E-state index contributed by atoms with van der Waals surface area (Å²) in [5.74, 6) is -0.266. The topological polar surface area (TPSA) is 276 Å². The van der Waals surface area contributed by atoms with Gasteiger partial charge in [0.2, 0.25) is 29.5 Å². The third-order valence-electron chi connectivity index (χ3n) is 26.0. The van der Waals surface area contributed by atoms with E-state index in [1.165, 1.54) is 12.8 Å². The number of aryl methyl sites for hydroxylation is 1. The summed E-state index contributed by atoms with van der Waals surface area (Å²) < 4.78 is 25.0. The van der Waals surface area contributed by atoms with E-state index >= 15 is 0 Å². The van der Waals surface area contributed by atoms with E-state index in [1.807, 2.05) is 43.3 Å². The number of rotatable bonds is 17. The zero-order valence-corrected chi connectivity index (χ0v) is 64.5. The summed E-state index contributed by atoms with van der Waals surface area (Å²) >= 11 is 19.6. The summed E-state index contributed by atoms with van der Waals surface area (Å²) in [7, 11) is 3.12. The van der Waals surface area contributed by atoms with E-state index in [0.29, 0.717) is 160 Å². The van der Waals surface area contributed by atoms with Crippen molar-refractivity contribution in [2.45, 2.75) is 187 Å². The minimum atomic E-state index is -1.11. The van der Waals surface area contributed by atoms with E-state index in [1.54, 1.807) is 68.5 Å². The number of phenolic OH excluding ortho intramolecular Hbond substituents is 2. The molecule has 4 N–H and O–H groups in total. The number of aromatic nitrogens is 3. The number of hydrogen-bond donors (Lipinski definition) is 4. The Bertz CT molecular complexity index is 4350. The number of carbonyl (C=O) groups excluding carboxylic acids is 6. The van der Waals surface area contributed by atoms with Crippen molar-refractivity contribution in [1.82, 2.24) is 44.8 Å². The molecule has 8 heterocycles. The smallest absolute Gasteiger partial charge is 0.312 e. The molecular formula is C80H97Cl4N9O14. The van der Waals surface area contributed by atoms with Crippen LogP contribution in [0.25, 0.3) is 0 Å². The van der Waals surface area contributed by atoms with Crippen molar-refractivity contribution >= 4 is 88.7 Å². The van der Waals surface area contributed by atoms with Gasteiger partial charge in [0, 0.05) is 122 Å². The van der Waals surface area contributed by atoms with Gasteiger partial charge in [-0.05, 0) is 205 Å². The third-order valence-corrected chi connectivity index (χ3v) is 27.1. The molecule has 107 heavy (non-hydrogen) atoms. The molecule has 7 aliphatic heterocycles. The highest BCUT2D eigenvalue weighted by Gasteiger charge is 2.58. The van der Waals surface area contributed by atoms with Gasteiger partial charge in [-0.3, -0.25) is 33.6 Å². The monoisotopic (exact) mass is 1550 g/mol. The van der Waals surface area contributed by atoms with Crippen LogP contribution < -0.4 is 19.5 Å². The molecule has 1 aromatic heterocycles. The van der Waals surface area contributed by atoms with Crippen LogP contribution in [0.1, 0.15) is 191 Å². The van der Waals surface area contributed by atoms with Gasteiger partial charge < -0.3 is 64.1 Å². The normalized spacial score (nSPS) is 26.3. The van der Waals surface area contributed by atoms with E-state index in [2.05, 4.69) is 15.6 Å². The molecule has 17 rings (SSSR count). The molecule has 0 unspecified atom stereocenters. The number of aliphatic carboxylic acids is 1. The Morgan fingerprint density at radius 2 is 1.10 bits per heavy atom. The number of amides is 5. The molecule has 0 bridgehead atoms. The van der Waals surface area contributed by atoms with Crippen LogP contribution in [0.3, 0.4) is 0 Å². The Labute approximate surface area is 644 Å².